The molecule has 0 aliphatic heterocycles. The molecule has 0 saturated carbocycles. The molecule has 0 atom stereocenters. The topological polar surface area (TPSA) is 43.8 Å². The second-order valence-corrected chi connectivity index (χ2v) is 3.20. The molecule has 0 bridgehead atoms. The molecule has 1 aromatic carbocycles. The maximum absolute atomic E-state index is 7.32. The normalized spacial score (nSPS) is 15.6. The Hall–Kier alpha value is -1.03. The first kappa shape index (κ1) is 4.87. The highest BCUT2D eigenvalue weighted by Gasteiger charge is 2.06. The van der Waals surface area contributed by atoms with Gasteiger partial charge in [-0.2, -0.15) is 5.10 Å². The van der Waals surface area contributed by atoms with E-state index >= 15 is 0 Å². The van der Waals surface area contributed by atoms with E-state index in [9.17, 15) is 0 Å². The van der Waals surface area contributed by atoms with Crippen LogP contribution in [-0.2, 0) is 6.98 Å². The molecule has 12 heavy (non-hydrogen) atoms. The number of fused-ring (bicyclic) bond motifs is 1. The summed E-state index contributed by atoms with van der Waals surface area (Å²) in [6.45, 7) is -2.32. The van der Waals surface area contributed by atoms with E-state index in [2.05, 4.69) is 21.0 Å². The summed E-state index contributed by atoms with van der Waals surface area (Å²) in [5.74, 6) is 0. The van der Waals surface area contributed by atoms with E-state index in [4.69, 9.17) is 9.85 Å². The molecular formula is C8H8BrN3. The average Bonchev–Trinajstić information content (AvgIpc) is 2.45. The molecule has 1 heterocycles. The summed E-state index contributed by atoms with van der Waals surface area (Å²) in [6, 6.07) is 5.18. The van der Waals surface area contributed by atoms with E-state index in [0.29, 0.717) is 21.2 Å². The van der Waals surface area contributed by atoms with Gasteiger partial charge in [-0.3, -0.25) is 4.68 Å². The molecule has 0 aliphatic rings. The molecule has 0 saturated heterocycles. The Morgan fingerprint density at radius 2 is 2.50 bits per heavy atom. The number of hydrogen-bond acceptors (Lipinski definition) is 2. The quantitative estimate of drug-likeness (QED) is 0.701. The fourth-order valence-corrected chi connectivity index (χ4v) is 1.63. The number of para-hydroxylation sites is 1. The van der Waals surface area contributed by atoms with Crippen LogP contribution in [0.15, 0.2) is 22.8 Å². The number of nitrogens with zero attached hydrogens (tertiary/aromatic N) is 2. The van der Waals surface area contributed by atoms with Crippen molar-refractivity contribution in [1.29, 1.82) is 0 Å². The number of nitrogens with two attached hydrogens (primary N) is 1. The molecule has 2 N–H and O–H groups in total. The first-order chi connectivity index (χ1) is 6.91. The van der Waals surface area contributed by atoms with Gasteiger partial charge in [-0.1, -0.05) is 6.07 Å². The van der Waals surface area contributed by atoms with Crippen LogP contribution < -0.4 is 5.73 Å². The van der Waals surface area contributed by atoms with Crippen LogP contribution in [0.3, 0.4) is 0 Å². The van der Waals surface area contributed by atoms with Gasteiger partial charge < -0.3 is 5.73 Å². The van der Waals surface area contributed by atoms with E-state index < -0.39 is 6.98 Å². The number of aromatic nitrogens is 2. The van der Waals surface area contributed by atoms with Crippen molar-refractivity contribution in [2.24, 2.45) is 6.98 Å². The van der Waals surface area contributed by atoms with Crippen molar-refractivity contribution in [2.45, 2.75) is 0 Å². The summed E-state index contributed by atoms with van der Waals surface area (Å²) in [4.78, 5) is 0. The van der Waals surface area contributed by atoms with Gasteiger partial charge in [0.1, 0.15) is 4.60 Å². The molecule has 62 valence electrons. The average molecular weight is 229 g/mol. The number of nitrogen functional groups attached to an aromatic ring is 1. The first-order valence-corrected chi connectivity index (χ1v) is 4.14. The predicted octanol–water partition coefficient (Wildman–Crippen LogP) is 1.92. The molecule has 3 nitrogen and oxygen atoms in total. The first-order valence-electron chi connectivity index (χ1n) is 4.84. The van der Waals surface area contributed by atoms with Crippen LogP contribution >= 0.6 is 15.9 Å². The molecule has 0 amide bonds. The molecule has 0 spiro atoms. The van der Waals surface area contributed by atoms with Gasteiger partial charge in [0, 0.05) is 16.5 Å². The zero-order chi connectivity index (χ0) is 11.2. The molecule has 0 fully saturated rings. The van der Waals surface area contributed by atoms with E-state index in [1.54, 1.807) is 18.2 Å². The summed E-state index contributed by atoms with van der Waals surface area (Å²) < 4.78 is 23.4. The summed E-state index contributed by atoms with van der Waals surface area (Å²) in [5.41, 5.74) is 6.57. The number of halogens is 1. The molecule has 0 radical (unpaired) electrons. The van der Waals surface area contributed by atoms with Crippen LogP contribution in [0.1, 0.15) is 4.11 Å². The highest BCUT2D eigenvalue weighted by Crippen LogP contribution is 2.26. The minimum absolute atomic E-state index is 0.404. The Morgan fingerprint density at radius 3 is 3.25 bits per heavy atom. The summed E-state index contributed by atoms with van der Waals surface area (Å²) in [5, 5.41) is 4.61. The van der Waals surface area contributed by atoms with Gasteiger partial charge >= 0.3 is 0 Å². The Bertz CT molecular complexity index is 518. The van der Waals surface area contributed by atoms with E-state index in [1.165, 1.54) is 0 Å². The van der Waals surface area contributed by atoms with Gasteiger partial charge in [-0.05, 0) is 28.1 Å². The lowest BCUT2D eigenvalue weighted by molar-refractivity contribution is 0.789. The summed E-state index contributed by atoms with van der Waals surface area (Å²) >= 11 is 3.21. The van der Waals surface area contributed by atoms with Crippen LogP contribution in [0.4, 0.5) is 5.69 Å². The molecule has 4 heteroatoms. The standard InChI is InChI=1S/C8H8BrN3/c1-12-7-5(8(9)11-12)3-2-4-6(7)10/h2-4H,10H2,1H3/i1D3. The Labute approximate surface area is 82.5 Å². The minimum Gasteiger partial charge on any atom is -0.397 e. The second kappa shape index (κ2) is 2.48. The fourth-order valence-electron chi connectivity index (χ4n) is 1.16. The van der Waals surface area contributed by atoms with Crippen molar-refractivity contribution in [2.75, 3.05) is 5.73 Å². The van der Waals surface area contributed by atoms with Crippen molar-refractivity contribution in [1.82, 2.24) is 9.78 Å². The lowest BCUT2D eigenvalue weighted by atomic mass is 10.2. The summed E-state index contributed by atoms with van der Waals surface area (Å²) in [6.07, 6.45) is 0. The molecule has 2 aromatic rings. The van der Waals surface area contributed by atoms with Crippen LogP contribution in [0.5, 0.6) is 0 Å². The number of anilines is 1. The van der Waals surface area contributed by atoms with Gasteiger partial charge in [0.25, 0.3) is 0 Å². The van der Waals surface area contributed by atoms with Crippen LogP contribution in [-0.4, -0.2) is 9.78 Å². The molecule has 0 aliphatic carbocycles. The van der Waals surface area contributed by atoms with Gasteiger partial charge in [0.15, 0.2) is 0 Å². The third kappa shape index (κ3) is 0.914. The van der Waals surface area contributed by atoms with E-state index in [0.717, 1.165) is 4.68 Å². The monoisotopic (exact) mass is 228 g/mol. The molecule has 0 unspecified atom stereocenters. The highest BCUT2D eigenvalue weighted by molar-refractivity contribution is 9.10. The molecule has 1 aromatic heterocycles. The van der Waals surface area contributed by atoms with Crippen molar-refractivity contribution in [3.63, 3.8) is 0 Å². The van der Waals surface area contributed by atoms with Crippen molar-refractivity contribution in [3.05, 3.63) is 22.8 Å². The van der Waals surface area contributed by atoms with Crippen molar-refractivity contribution >= 4 is 32.5 Å². The van der Waals surface area contributed by atoms with E-state index in [-0.39, 0.29) is 0 Å². The maximum Gasteiger partial charge on any atom is 0.136 e. The molecular weight excluding hydrogens is 218 g/mol. The van der Waals surface area contributed by atoms with Crippen LogP contribution in [0, 0.1) is 0 Å². The number of benzene rings is 1. The van der Waals surface area contributed by atoms with Crippen LogP contribution in [0.2, 0.25) is 0 Å². The largest absolute Gasteiger partial charge is 0.397 e. The zero-order valence-corrected chi connectivity index (χ0v) is 7.67. The predicted molar refractivity (Wildman–Crippen MR) is 52.8 cm³/mol. The number of rotatable bonds is 0. The van der Waals surface area contributed by atoms with Crippen LogP contribution in [0.25, 0.3) is 10.9 Å². The van der Waals surface area contributed by atoms with Gasteiger partial charge in [-0.25, -0.2) is 0 Å². The van der Waals surface area contributed by atoms with Gasteiger partial charge in [-0.15, -0.1) is 0 Å². The Kier molecular flexibility index (Phi) is 1.01. The van der Waals surface area contributed by atoms with Crippen molar-refractivity contribution in [3.8, 4) is 0 Å². The SMILES string of the molecule is [2H]C([2H])([2H])n1nc(Br)c2cccc(N)c21. The number of aryl methyl sites for hydroxylation is 1. The highest BCUT2D eigenvalue weighted by atomic mass is 79.9. The van der Waals surface area contributed by atoms with Gasteiger partial charge in [0.2, 0.25) is 0 Å². The smallest absolute Gasteiger partial charge is 0.136 e. The number of hydrogen-bond donors (Lipinski definition) is 1. The third-order valence-electron chi connectivity index (χ3n) is 1.69. The summed E-state index contributed by atoms with van der Waals surface area (Å²) in [7, 11) is 0. The minimum atomic E-state index is -2.32. The van der Waals surface area contributed by atoms with Crippen molar-refractivity contribution < 1.29 is 4.11 Å². The lowest BCUT2D eigenvalue weighted by Crippen LogP contribution is -1.93. The third-order valence-corrected chi connectivity index (χ3v) is 2.27. The second-order valence-electron chi connectivity index (χ2n) is 2.45. The maximum atomic E-state index is 7.32. The zero-order valence-electron chi connectivity index (χ0n) is 9.08. The lowest BCUT2D eigenvalue weighted by Gasteiger charge is -1.96. The fraction of sp³-hybridized carbons (Fsp3) is 0.125. The van der Waals surface area contributed by atoms with Gasteiger partial charge in [0.05, 0.1) is 11.2 Å². The van der Waals surface area contributed by atoms with E-state index in [1.807, 2.05) is 0 Å². The molecule has 2 rings (SSSR count). The Morgan fingerprint density at radius 1 is 1.67 bits per heavy atom. The Balaban J connectivity index is 2.88.